The molecule has 22 heavy (non-hydrogen) atoms. The number of hydrogen-bond acceptors (Lipinski definition) is 1. The Morgan fingerprint density at radius 2 is 1.68 bits per heavy atom. The molecule has 0 bridgehead atoms. The summed E-state index contributed by atoms with van der Waals surface area (Å²) in [5.74, 6) is 0.463. The molecule has 2 aromatic carbocycles. The van der Waals surface area contributed by atoms with Gasteiger partial charge in [0.05, 0.1) is 0 Å². The van der Waals surface area contributed by atoms with Gasteiger partial charge in [-0.25, -0.2) is 0 Å². The fourth-order valence-electron chi connectivity index (χ4n) is 2.07. The van der Waals surface area contributed by atoms with Gasteiger partial charge in [-0.2, -0.15) is 0 Å². The molecule has 4 heteroatoms. The Morgan fingerprint density at radius 1 is 1.00 bits per heavy atom. The number of halogens is 1. The van der Waals surface area contributed by atoms with Crippen molar-refractivity contribution in [1.82, 2.24) is 0 Å². The molecule has 0 spiro atoms. The van der Waals surface area contributed by atoms with Crippen molar-refractivity contribution in [1.29, 1.82) is 0 Å². The van der Waals surface area contributed by atoms with Crippen LogP contribution in [-0.2, 0) is 6.42 Å². The van der Waals surface area contributed by atoms with E-state index in [1.807, 2.05) is 6.07 Å². The minimum atomic E-state index is 0. The molecular formula is C18H24IN3. The van der Waals surface area contributed by atoms with E-state index in [9.17, 15) is 0 Å². The lowest BCUT2D eigenvalue weighted by Gasteiger charge is -2.08. The summed E-state index contributed by atoms with van der Waals surface area (Å²) in [4.78, 5) is 4.37. The Kier molecular flexibility index (Phi) is 7.38. The summed E-state index contributed by atoms with van der Waals surface area (Å²) in [7, 11) is 0. The van der Waals surface area contributed by atoms with E-state index in [1.54, 1.807) is 0 Å². The van der Waals surface area contributed by atoms with Crippen molar-refractivity contribution in [2.75, 3.05) is 11.9 Å². The summed E-state index contributed by atoms with van der Waals surface area (Å²) in [6.45, 7) is 6.96. The summed E-state index contributed by atoms with van der Waals surface area (Å²) < 4.78 is 0. The quantitative estimate of drug-likeness (QED) is 0.452. The number of benzene rings is 2. The first kappa shape index (κ1) is 18.5. The molecule has 0 saturated carbocycles. The van der Waals surface area contributed by atoms with Gasteiger partial charge in [0.2, 0.25) is 0 Å². The number of rotatable bonds is 4. The normalized spacial score (nSPS) is 11.0. The summed E-state index contributed by atoms with van der Waals surface area (Å²) in [5.41, 5.74) is 12.0. The number of nitrogens with two attached hydrogens (primary N) is 1. The standard InChI is InChI=1S/C18H23N3.HI/c1-13-4-7-16(8-5-13)10-11-20-18(19)21-17-9-6-14(2)15(3)12-17;/h4-9,12H,10-11H2,1-3H3,(H3,19,20,21);1H. The molecule has 0 atom stereocenters. The first-order valence-corrected chi connectivity index (χ1v) is 7.24. The molecule has 2 rings (SSSR count). The molecule has 0 aliphatic heterocycles. The van der Waals surface area contributed by atoms with Crippen molar-refractivity contribution < 1.29 is 0 Å². The lowest BCUT2D eigenvalue weighted by atomic mass is 10.1. The molecule has 0 radical (unpaired) electrons. The zero-order valence-electron chi connectivity index (χ0n) is 13.4. The summed E-state index contributed by atoms with van der Waals surface area (Å²) in [5, 5.41) is 3.13. The van der Waals surface area contributed by atoms with E-state index >= 15 is 0 Å². The molecule has 118 valence electrons. The molecule has 0 aliphatic rings. The summed E-state index contributed by atoms with van der Waals surface area (Å²) in [6, 6.07) is 14.7. The second-order valence-corrected chi connectivity index (χ2v) is 5.43. The number of anilines is 1. The van der Waals surface area contributed by atoms with Crippen LogP contribution in [0.3, 0.4) is 0 Å². The minimum absolute atomic E-state index is 0. The molecule has 0 heterocycles. The van der Waals surface area contributed by atoms with Gasteiger partial charge in [-0.3, -0.25) is 4.99 Å². The Labute approximate surface area is 150 Å². The van der Waals surface area contributed by atoms with Crippen LogP contribution in [0, 0.1) is 20.8 Å². The zero-order valence-corrected chi connectivity index (χ0v) is 15.7. The SMILES string of the molecule is Cc1ccc(CCN=C(N)Nc2ccc(C)c(C)c2)cc1.I. The maximum Gasteiger partial charge on any atom is 0.193 e. The number of nitrogens with one attached hydrogen (secondary N) is 1. The Morgan fingerprint density at radius 3 is 2.32 bits per heavy atom. The van der Waals surface area contributed by atoms with Gasteiger partial charge in [-0.1, -0.05) is 35.9 Å². The van der Waals surface area contributed by atoms with Crippen LogP contribution in [0.5, 0.6) is 0 Å². The van der Waals surface area contributed by atoms with Crippen LogP contribution >= 0.6 is 24.0 Å². The summed E-state index contributed by atoms with van der Waals surface area (Å²) in [6.07, 6.45) is 0.898. The second-order valence-electron chi connectivity index (χ2n) is 5.43. The molecule has 3 nitrogen and oxygen atoms in total. The fraction of sp³-hybridized carbons (Fsp3) is 0.278. The lowest BCUT2D eigenvalue weighted by molar-refractivity contribution is 0.964. The molecular weight excluding hydrogens is 385 g/mol. The third-order valence-corrected chi connectivity index (χ3v) is 3.58. The van der Waals surface area contributed by atoms with Crippen molar-refractivity contribution in [3.05, 3.63) is 64.7 Å². The lowest BCUT2D eigenvalue weighted by Crippen LogP contribution is -2.23. The van der Waals surface area contributed by atoms with Crippen LogP contribution in [0.15, 0.2) is 47.5 Å². The Balaban J connectivity index is 0.00000242. The number of hydrogen-bond donors (Lipinski definition) is 2. The van der Waals surface area contributed by atoms with Crippen LogP contribution < -0.4 is 11.1 Å². The predicted octanol–water partition coefficient (Wildman–Crippen LogP) is 4.20. The predicted molar refractivity (Wildman–Crippen MR) is 106 cm³/mol. The van der Waals surface area contributed by atoms with E-state index in [2.05, 4.69) is 67.5 Å². The smallest absolute Gasteiger partial charge is 0.193 e. The average molecular weight is 409 g/mol. The van der Waals surface area contributed by atoms with Gasteiger partial charge in [-0.15, -0.1) is 24.0 Å². The fourth-order valence-corrected chi connectivity index (χ4v) is 2.07. The number of guanidine groups is 1. The van der Waals surface area contributed by atoms with Gasteiger partial charge in [0.15, 0.2) is 5.96 Å². The van der Waals surface area contributed by atoms with Gasteiger partial charge < -0.3 is 11.1 Å². The topological polar surface area (TPSA) is 50.4 Å². The Bertz CT molecular complexity index is 633. The van der Waals surface area contributed by atoms with Crippen LogP contribution in [0.1, 0.15) is 22.3 Å². The van der Waals surface area contributed by atoms with E-state index in [4.69, 9.17) is 5.73 Å². The molecule has 3 N–H and O–H groups in total. The molecule has 0 fully saturated rings. The van der Waals surface area contributed by atoms with Crippen LogP contribution in [0.2, 0.25) is 0 Å². The van der Waals surface area contributed by atoms with Crippen LogP contribution in [-0.4, -0.2) is 12.5 Å². The van der Waals surface area contributed by atoms with E-state index in [0.717, 1.165) is 12.1 Å². The zero-order chi connectivity index (χ0) is 15.2. The van der Waals surface area contributed by atoms with Crippen molar-refractivity contribution in [2.45, 2.75) is 27.2 Å². The van der Waals surface area contributed by atoms with E-state index in [-0.39, 0.29) is 24.0 Å². The molecule has 2 aromatic rings. The number of aryl methyl sites for hydroxylation is 3. The average Bonchev–Trinajstić information content (AvgIpc) is 2.45. The van der Waals surface area contributed by atoms with E-state index < -0.39 is 0 Å². The van der Waals surface area contributed by atoms with Crippen LogP contribution in [0.25, 0.3) is 0 Å². The first-order valence-electron chi connectivity index (χ1n) is 7.24. The number of nitrogens with zero attached hydrogens (tertiary/aromatic N) is 1. The minimum Gasteiger partial charge on any atom is -0.370 e. The van der Waals surface area contributed by atoms with E-state index in [0.29, 0.717) is 12.5 Å². The van der Waals surface area contributed by atoms with Gasteiger partial charge >= 0.3 is 0 Å². The van der Waals surface area contributed by atoms with Gasteiger partial charge in [0.1, 0.15) is 0 Å². The summed E-state index contributed by atoms with van der Waals surface area (Å²) >= 11 is 0. The highest BCUT2D eigenvalue weighted by Crippen LogP contribution is 2.13. The Hall–Kier alpha value is -1.56. The molecule has 0 aromatic heterocycles. The monoisotopic (exact) mass is 409 g/mol. The highest BCUT2D eigenvalue weighted by atomic mass is 127. The van der Waals surface area contributed by atoms with Crippen LogP contribution in [0.4, 0.5) is 5.69 Å². The molecule has 0 unspecified atom stereocenters. The first-order chi connectivity index (χ1) is 10.0. The van der Waals surface area contributed by atoms with Gasteiger partial charge in [0, 0.05) is 12.2 Å². The van der Waals surface area contributed by atoms with Crippen molar-refractivity contribution in [3.63, 3.8) is 0 Å². The third-order valence-electron chi connectivity index (χ3n) is 3.58. The van der Waals surface area contributed by atoms with Crippen molar-refractivity contribution in [2.24, 2.45) is 10.7 Å². The van der Waals surface area contributed by atoms with E-state index in [1.165, 1.54) is 22.3 Å². The maximum atomic E-state index is 5.92. The largest absolute Gasteiger partial charge is 0.370 e. The maximum absolute atomic E-state index is 5.92. The molecule has 0 aliphatic carbocycles. The number of aliphatic imine (C=N–C) groups is 1. The highest BCUT2D eigenvalue weighted by Gasteiger charge is 1.98. The highest BCUT2D eigenvalue weighted by molar-refractivity contribution is 14.0. The molecule has 0 amide bonds. The second kappa shape index (κ2) is 8.78. The third kappa shape index (κ3) is 5.67. The van der Waals surface area contributed by atoms with Gasteiger partial charge in [0.25, 0.3) is 0 Å². The van der Waals surface area contributed by atoms with Gasteiger partial charge in [-0.05, 0) is 56.0 Å². The molecule has 0 saturated heterocycles. The van der Waals surface area contributed by atoms with Crippen molar-refractivity contribution in [3.8, 4) is 0 Å². The van der Waals surface area contributed by atoms with Crippen molar-refractivity contribution >= 4 is 35.6 Å².